The lowest BCUT2D eigenvalue weighted by Crippen LogP contribution is -2.34. The summed E-state index contributed by atoms with van der Waals surface area (Å²) in [6.07, 6.45) is 14.6. The van der Waals surface area contributed by atoms with Crippen LogP contribution >= 0.6 is 11.9 Å². The predicted molar refractivity (Wildman–Crippen MR) is 149 cm³/mol. The number of carbonyl (C=O) groups is 1. The number of nitrogens with zero attached hydrogens (tertiary/aromatic N) is 2. The minimum atomic E-state index is -0.896. The number of carboxylic acid groups (broad SMARTS) is 1. The van der Waals surface area contributed by atoms with Crippen LogP contribution in [0.1, 0.15) is 85.1 Å². The van der Waals surface area contributed by atoms with E-state index in [1.807, 2.05) is 36.6 Å². The van der Waals surface area contributed by atoms with Crippen molar-refractivity contribution in [3.63, 3.8) is 0 Å². The number of fused-ring (bicyclic) bond motifs is 1. The lowest BCUT2D eigenvalue weighted by atomic mass is 9.62. The highest BCUT2D eigenvalue weighted by Crippen LogP contribution is 2.47. The molecule has 0 aromatic heterocycles. The first-order valence-corrected chi connectivity index (χ1v) is 13.4. The standard InChI is InChI=1S/C30H36N2O2S/c1-29(2)14-15-30(3,4)27-20-25(13-10-22-8-11-23(12-9-22)28(33)34)24(19-26(27)29)7-5-18-35-32-17-6-16-31-21-32/h6,8-13,16,19-21H,5,7,14-15,17-18H2,1-4H3,(H,33,34). The van der Waals surface area contributed by atoms with Crippen molar-refractivity contribution < 1.29 is 9.90 Å². The molecule has 0 bridgehead atoms. The van der Waals surface area contributed by atoms with E-state index >= 15 is 0 Å². The molecule has 0 amide bonds. The van der Waals surface area contributed by atoms with Gasteiger partial charge in [-0.2, -0.15) is 0 Å². The van der Waals surface area contributed by atoms with Gasteiger partial charge in [0.1, 0.15) is 6.34 Å². The van der Waals surface area contributed by atoms with Crippen molar-refractivity contribution in [2.45, 2.75) is 64.2 Å². The van der Waals surface area contributed by atoms with E-state index in [1.165, 1.54) is 35.1 Å². The van der Waals surface area contributed by atoms with Crippen molar-refractivity contribution in [3.8, 4) is 0 Å². The molecule has 5 heteroatoms. The summed E-state index contributed by atoms with van der Waals surface area (Å²) in [6.45, 7) is 10.4. The van der Waals surface area contributed by atoms with E-state index in [-0.39, 0.29) is 10.8 Å². The first kappa shape index (κ1) is 25.3. The molecule has 1 N–H and O–H groups in total. The normalized spacial score (nSPS) is 18.1. The molecule has 4 nitrogen and oxygen atoms in total. The fourth-order valence-electron chi connectivity index (χ4n) is 4.87. The Kier molecular flexibility index (Phi) is 7.56. The van der Waals surface area contributed by atoms with Gasteiger partial charge in [-0.15, -0.1) is 0 Å². The molecule has 0 saturated heterocycles. The van der Waals surface area contributed by atoms with Gasteiger partial charge in [-0.05, 0) is 94.5 Å². The monoisotopic (exact) mass is 488 g/mol. The van der Waals surface area contributed by atoms with Crippen molar-refractivity contribution in [3.05, 3.63) is 82.1 Å². The Morgan fingerprint density at radius 3 is 2.37 bits per heavy atom. The van der Waals surface area contributed by atoms with Crippen LogP contribution in [0.2, 0.25) is 0 Å². The van der Waals surface area contributed by atoms with E-state index in [0.717, 1.165) is 30.7 Å². The predicted octanol–water partition coefficient (Wildman–Crippen LogP) is 7.34. The fraction of sp³-hybridized carbons (Fsp3) is 0.400. The third-order valence-electron chi connectivity index (χ3n) is 7.25. The molecule has 1 aliphatic heterocycles. The molecule has 35 heavy (non-hydrogen) atoms. The van der Waals surface area contributed by atoms with Gasteiger partial charge in [-0.3, -0.25) is 0 Å². The SMILES string of the molecule is CC1(C)CCC(C)(C)c2cc(CCCSN3C=NC=CC3)c(C=Cc3ccc(C(=O)O)cc3)cc21. The summed E-state index contributed by atoms with van der Waals surface area (Å²) in [5.41, 5.74) is 7.27. The van der Waals surface area contributed by atoms with Crippen molar-refractivity contribution in [1.82, 2.24) is 4.31 Å². The number of hydrogen-bond acceptors (Lipinski definition) is 4. The maximum atomic E-state index is 11.2. The molecule has 0 unspecified atom stereocenters. The van der Waals surface area contributed by atoms with Gasteiger partial charge in [0.15, 0.2) is 0 Å². The molecular formula is C30H36N2O2S. The number of aliphatic imine (C=N–C) groups is 1. The van der Waals surface area contributed by atoms with Crippen LogP contribution < -0.4 is 0 Å². The number of hydrogen-bond donors (Lipinski definition) is 1. The van der Waals surface area contributed by atoms with Crippen molar-refractivity contribution in [1.29, 1.82) is 0 Å². The average Bonchev–Trinajstić information content (AvgIpc) is 2.84. The van der Waals surface area contributed by atoms with Gasteiger partial charge in [-0.1, -0.05) is 64.1 Å². The topological polar surface area (TPSA) is 52.9 Å². The van der Waals surface area contributed by atoms with Crippen molar-refractivity contribution >= 4 is 36.4 Å². The zero-order chi connectivity index (χ0) is 25.1. The van der Waals surface area contributed by atoms with Crippen molar-refractivity contribution in [2.75, 3.05) is 12.3 Å². The zero-order valence-electron chi connectivity index (χ0n) is 21.3. The third kappa shape index (κ3) is 6.07. The highest BCUT2D eigenvalue weighted by Gasteiger charge is 2.37. The molecule has 0 spiro atoms. The van der Waals surface area contributed by atoms with Gasteiger partial charge < -0.3 is 9.41 Å². The first-order valence-electron chi connectivity index (χ1n) is 12.4. The second kappa shape index (κ2) is 10.4. The number of aryl methyl sites for hydroxylation is 1. The van der Waals surface area contributed by atoms with Crippen molar-refractivity contribution in [2.24, 2.45) is 4.99 Å². The minimum absolute atomic E-state index is 0.159. The van der Waals surface area contributed by atoms with Gasteiger partial charge in [0.2, 0.25) is 0 Å². The summed E-state index contributed by atoms with van der Waals surface area (Å²) in [5.74, 6) is 0.151. The second-order valence-electron chi connectivity index (χ2n) is 10.8. The fourth-order valence-corrected chi connectivity index (χ4v) is 5.69. The lowest BCUT2D eigenvalue weighted by Gasteiger charge is -2.42. The van der Waals surface area contributed by atoms with Gasteiger partial charge in [0.25, 0.3) is 0 Å². The van der Waals surface area contributed by atoms with Crippen LogP contribution in [-0.2, 0) is 17.3 Å². The Hall–Kier alpha value is -2.79. The highest BCUT2D eigenvalue weighted by atomic mass is 32.2. The van der Waals surface area contributed by atoms with Crippen LogP contribution in [0.15, 0.2) is 53.7 Å². The van der Waals surface area contributed by atoms with Crippen LogP contribution in [-0.4, -0.2) is 34.0 Å². The maximum Gasteiger partial charge on any atom is 0.335 e. The molecule has 0 saturated carbocycles. The van der Waals surface area contributed by atoms with Gasteiger partial charge >= 0.3 is 5.97 Å². The van der Waals surface area contributed by atoms with Gasteiger partial charge in [0, 0.05) is 12.0 Å². The van der Waals surface area contributed by atoms with Crippen LogP contribution in [0.5, 0.6) is 0 Å². The Labute approximate surface area is 214 Å². The number of rotatable bonds is 8. The Morgan fingerprint density at radius 2 is 1.74 bits per heavy atom. The second-order valence-corrected chi connectivity index (χ2v) is 11.9. The quantitative estimate of drug-likeness (QED) is 0.240. The van der Waals surface area contributed by atoms with E-state index in [2.05, 4.69) is 67.4 Å². The summed E-state index contributed by atoms with van der Waals surface area (Å²) in [4.78, 5) is 15.4. The Bertz CT molecular complexity index is 1160. The van der Waals surface area contributed by atoms with Crippen LogP contribution in [0, 0.1) is 0 Å². The van der Waals surface area contributed by atoms with Gasteiger partial charge in [-0.25, -0.2) is 9.79 Å². The molecule has 1 heterocycles. The number of aromatic carboxylic acids is 1. The molecule has 0 atom stereocenters. The largest absolute Gasteiger partial charge is 0.478 e. The van der Waals surface area contributed by atoms with E-state index < -0.39 is 5.97 Å². The lowest BCUT2D eigenvalue weighted by molar-refractivity contribution is 0.0697. The third-order valence-corrected chi connectivity index (χ3v) is 8.29. The molecule has 4 rings (SSSR count). The van der Waals surface area contributed by atoms with Gasteiger partial charge in [0.05, 0.1) is 12.1 Å². The maximum absolute atomic E-state index is 11.2. The molecule has 2 aromatic carbocycles. The van der Waals surface area contributed by atoms with E-state index in [0.29, 0.717) is 5.56 Å². The molecule has 1 aliphatic carbocycles. The number of carboxylic acids is 1. The van der Waals surface area contributed by atoms with E-state index in [4.69, 9.17) is 0 Å². The molecule has 184 valence electrons. The van der Waals surface area contributed by atoms with Crippen LogP contribution in [0.25, 0.3) is 12.2 Å². The smallest absolute Gasteiger partial charge is 0.335 e. The summed E-state index contributed by atoms with van der Waals surface area (Å²) in [7, 11) is 0. The summed E-state index contributed by atoms with van der Waals surface area (Å²) in [6, 6.07) is 12.0. The average molecular weight is 489 g/mol. The van der Waals surface area contributed by atoms with E-state index in [1.54, 1.807) is 12.1 Å². The van der Waals surface area contributed by atoms with Crippen LogP contribution in [0.4, 0.5) is 0 Å². The Balaban J connectivity index is 1.60. The number of benzene rings is 2. The molecule has 0 fully saturated rings. The zero-order valence-corrected chi connectivity index (χ0v) is 22.1. The summed E-state index contributed by atoms with van der Waals surface area (Å²) >= 11 is 1.83. The molecular weight excluding hydrogens is 452 g/mol. The van der Waals surface area contributed by atoms with E-state index in [9.17, 15) is 9.90 Å². The first-order chi connectivity index (χ1) is 16.7. The molecule has 2 aromatic rings. The molecule has 2 aliphatic rings. The minimum Gasteiger partial charge on any atom is -0.478 e. The summed E-state index contributed by atoms with van der Waals surface area (Å²) < 4.78 is 2.18. The Morgan fingerprint density at radius 1 is 1.06 bits per heavy atom. The summed E-state index contributed by atoms with van der Waals surface area (Å²) in [5, 5.41) is 9.18. The van der Waals surface area contributed by atoms with Crippen LogP contribution in [0.3, 0.4) is 0 Å². The molecule has 0 radical (unpaired) electrons. The highest BCUT2D eigenvalue weighted by molar-refractivity contribution is 7.97.